The van der Waals surface area contributed by atoms with Crippen LogP contribution in [0.15, 0.2) is 37.1 Å². The molecule has 150 valence electrons. The van der Waals surface area contributed by atoms with Gasteiger partial charge in [-0.3, -0.25) is 4.79 Å². The van der Waals surface area contributed by atoms with Gasteiger partial charge < -0.3 is 15.4 Å². The maximum atomic E-state index is 12.9. The molecule has 29 heavy (non-hydrogen) atoms. The van der Waals surface area contributed by atoms with E-state index in [1.807, 2.05) is 18.2 Å². The molecule has 5 heterocycles. The fraction of sp³-hybridized carbons (Fsp3) is 0.400. The standard InChI is InChI=1S/C20H22N6O2S/c27-19(24-11-14-2-1-6-23-18(14)26-13-22-12-25-26)17-10-15-16(29-17)3-9-28-20(15)4-7-21-8-5-20/h1-2,6,10,12-13,21H,3-5,7-9,11H2,(H,24,27). The van der Waals surface area contributed by atoms with Gasteiger partial charge in [-0.1, -0.05) is 6.07 Å². The van der Waals surface area contributed by atoms with Gasteiger partial charge in [0.05, 0.1) is 17.1 Å². The maximum Gasteiger partial charge on any atom is 0.261 e. The number of amides is 1. The number of fused-ring (bicyclic) bond motifs is 2. The molecule has 8 nitrogen and oxygen atoms in total. The van der Waals surface area contributed by atoms with Crippen LogP contribution in [0.4, 0.5) is 0 Å². The van der Waals surface area contributed by atoms with E-state index in [1.54, 1.807) is 28.5 Å². The number of ether oxygens (including phenoxy) is 1. The fourth-order valence-electron chi connectivity index (χ4n) is 4.13. The van der Waals surface area contributed by atoms with E-state index in [9.17, 15) is 4.79 Å². The average molecular weight is 411 g/mol. The van der Waals surface area contributed by atoms with Crippen LogP contribution in [0.5, 0.6) is 0 Å². The van der Waals surface area contributed by atoms with Crippen molar-refractivity contribution in [3.63, 3.8) is 0 Å². The molecule has 3 aromatic heterocycles. The largest absolute Gasteiger partial charge is 0.370 e. The van der Waals surface area contributed by atoms with Gasteiger partial charge in [-0.05, 0) is 43.6 Å². The lowest BCUT2D eigenvalue weighted by Crippen LogP contribution is -2.44. The zero-order chi connectivity index (χ0) is 19.7. The van der Waals surface area contributed by atoms with Crippen molar-refractivity contribution in [2.45, 2.75) is 31.4 Å². The first-order valence-corrected chi connectivity index (χ1v) is 10.6. The van der Waals surface area contributed by atoms with E-state index < -0.39 is 0 Å². The summed E-state index contributed by atoms with van der Waals surface area (Å²) in [4.78, 5) is 23.3. The number of nitrogens with zero attached hydrogens (tertiary/aromatic N) is 4. The third-order valence-electron chi connectivity index (χ3n) is 5.59. The van der Waals surface area contributed by atoms with Crippen molar-refractivity contribution in [2.75, 3.05) is 19.7 Å². The normalized spacial score (nSPS) is 17.8. The third-order valence-corrected chi connectivity index (χ3v) is 6.78. The Hall–Kier alpha value is -2.62. The molecule has 2 aliphatic rings. The Kier molecular flexibility index (Phi) is 4.86. The molecule has 0 aromatic carbocycles. The SMILES string of the molecule is O=C(NCc1cccnc1-n1cncn1)c1cc2c(s1)CCOC21CCNCC1. The Balaban J connectivity index is 1.34. The molecule has 0 aliphatic carbocycles. The zero-order valence-corrected chi connectivity index (χ0v) is 16.7. The molecule has 0 bridgehead atoms. The van der Waals surface area contributed by atoms with Crippen molar-refractivity contribution in [2.24, 2.45) is 0 Å². The van der Waals surface area contributed by atoms with Crippen LogP contribution in [0.2, 0.25) is 0 Å². The Morgan fingerprint density at radius 1 is 1.38 bits per heavy atom. The summed E-state index contributed by atoms with van der Waals surface area (Å²) in [7, 11) is 0. The van der Waals surface area contributed by atoms with E-state index in [0.29, 0.717) is 12.4 Å². The molecule has 0 radical (unpaired) electrons. The summed E-state index contributed by atoms with van der Waals surface area (Å²) in [6.45, 7) is 2.99. The second kappa shape index (κ2) is 7.66. The van der Waals surface area contributed by atoms with Crippen LogP contribution in [0.3, 0.4) is 0 Å². The number of thiophene rings is 1. The molecule has 3 aromatic rings. The van der Waals surface area contributed by atoms with Crippen molar-refractivity contribution in [3.05, 3.63) is 57.9 Å². The molecule has 1 fully saturated rings. The Bertz CT molecular complexity index is 1010. The second-order valence-corrected chi connectivity index (χ2v) is 8.44. The first-order valence-electron chi connectivity index (χ1n) is 9.80. The molecule has 1 spiro atoms. The summed E-state index contributed by atoms with van der Waals surface area (Å²) < 4.78 is 7.82. The zero-order valence-electron chi connectivity index (χ0n) is 15.9. The highest BCUT2D eigenvalue weighted by Crippen LogP contribution is 2.43. The van der Waals surface area contributed by atoms with Gasteiger partial charge in [-0.15, -0.1) is 11.3 Å². The van der Waals surface area contributed by atoms with Gasteiger partial charge in [0.15, 0.2) is 5.82 Å². The van der Waals surface area contributed by atoms with Crippen LogP contribution >= 0.6 is 11.3 Å². The van der Waals surface area contributed by atoms with Crippen LogP contribution in [-0.4, -0.2) is 45.4 Å². The summed E-state index contributed by atoms with van der Waals surface area (Å²) in [5, 5.41) is 10.6. The molecule has 0 saturated carbocycles. The van der Waals surface area contributed by atoms with Gasteiger partial charge in [-0.25, -0.2) is 14.6 Å². The Morgan fingerprint density at radius 2 is 2.28 bits per heavy atom. The van der Waals surface area contributed by atoms with Crippen molar-refractivity contribution < 1.29 is 9.53 Å². The van der Waals surface area contributed by atoms with Crippen LogP contribution in [0, 0.1) is 0 Å². The van der Waals surface area contributed by atoms with Crippen molar-refractivity contribution in [3.8, 4) is 5.82 Å². The van der Waals surface area contributed by atoms with E-state index in [0.717, 1.165) is 49.4 Å². The lowest BCUT2D eigenvalue weighted by atomic mass is 9.83. The first-order chi connectivity index (χ1) is 14.3. The second-order valence-electron chi connectivity index (χ2n) is 7.30. The van der Waals surface area contributed by atoms with E-state index in [2.05, 4.69) is 25.7 Å². The van der Waals surface area contributed by atoms with Gasteiger partial charge in [0.1, 0.15) is 12.7 Å². The minimum Gasteiger partial charge on any atom is -0.370 e. The van der Waals surface area contributed by atoms with Crippen LogP contribution in [0.25, 0.3) is 5.82 Å². The van der Waals surface area contributed by atoms with Crippen molar-refractivity contribution in [1.29, 1.82) is 0 Å². The van der Waals surface area contributed by atoms with E-state index in [1.165, 1.54) is 16.8 Å². The lowest BCUT2D eigenvalue weighted by molar-refractivity contribution is -0.0792. The number of rotatable bonds is 4. The fourth-order valence-corrected chi connectivity index (χ4v) is 5.28. The highest BCUT2D eigenvalue weighted by molar-refractivity contribution is 7.14. The monoisotopic (exact) mass is 410 g/mol. The van der Waals surface area contributed by atoms with E-state index in [-0.39, 0.29) is 11.5 Å². The van der Waals surface area contributed by atoms with Gasteiger partial charge in [0.25, 0.3) is 5.91 Å². The third kappa shape index (κ3) is 3.45. The molecule has 1 saturated heterocycles. The topological polar surface area (TPSA) is 94.0 Å². The Labute approximate surface area is 172 Å². The molecule has 0 unspecified atom stereocenters. The quantitative estimate of drug-likeness (QED) is 0.681. The van der Waals surface area contributed by atoms with E-state index >= 15 is 0 Å². The van der Waals surface area contributed by atoms with Gasteiger partial charge in [0, 0.05) is 29.6 Å². The minimum atomic E-state index is -0.225. The molecular weight excluding hydrogens is 388 g/mol. The van der Waals surface area contributed by atoms with Crippen LogP contribution in [-0.2, 0) is 23.3 Å². The molecule has 0 atom stereocenters. The molecule has 2 aliphatic heterocycles. The highest BCUT2D eigenvalue weighted by Gasteiger charge is 2.40. The number of hydrogen-bond donors (Lipinski definition) is 2. The highest BCUT2D eigenvalue weighted by atomic mass is 32.1. The molecule has 1 amide bonds. The number of carbonyl (C=O) groups is 1. The smallest absolute Gasteiger partial charge is 0.261 e. The van der Waals surface area contributed by atoms with E-state index in [4.69, 9.17) is 4.74 Å². The molecular formula is C20H22N6O2S. The average Bonchev–Trinajstić information content (AvgIpc) is 3.44. The van der Waals surface area contributed by atoms with Crippen molar-refractivity contribution >= 4 is 17.2 Å². The number of carbonyl (C=O) groups excluding carboxylic acids is 1. The maximum absolute atomic E-state index is 12.9. The predicted octanol–water partition coefficient (Wildman–Crippen LogP) is 1.81. The van der Waals surface area contributed by atoms with Gasteiger partial charge in [-0.2, -0.15) is 5.10 Å². The summed E-state index contributed by atoms with van der Waals surface area (Å²) in [6.07, 6.45) is 7.55. The summed E-state index contributed by atoms with van der Waals surface area (Å²) in [5.41, 5.74) is 1.87. The van der Waals surface area contributed by atoms with Crippen LogP contribution < -0.4 is 10.6 Å². The summed E-state index contributed by atoms with van der Waals surface area (Å²) >= 11 is 1.59. The number of aromatic nitrogens is 4. The first kappa shape index (κ1) is 18.4. The number of piperidine rings is 1. The minimum absolute atomic E-state index is 0.0677. The van der Waals surface area contributed by atoms with Gasteiger partial charge >= 0.3 is 0 Å². The number of pyridine rings is 1. The number of hydrogen-bond acceptors (Lipinski definition) is 7. The summed E-state index contributed by atoms with van der Waals surface area (Å²) in [5.74, 6) is 0.597. The molecule has 5 rings (SSSR count). The predicted molar refractivity (Wildman–Crippen MR) is 108 cm³/mol. The van der Waals surface area contributed by atoms with Gasteiger partial charge in [0.2, 0.25) is 0 Å². The Morgan fingerprint density at radius 3 is 3.10 bits per heavy atom. The number of nitrogens with one attached hydrogen (secondary N) is 2. The summed E-state index contributed by atoms with van der Waals surface area (Å²) in [6, 6.07) is 5.83. The lowest BCUT2D eigenvalue weighted by Gasteiger charge is -2.40. The van der Waals surface area contributed by atoms with Crippen LogP contribution in [0.1, 0.15) is 38.5 Å². The molecule has 9 heteroatoms. The molecule has 2 N–H and O–H groups in total. The van der Waals surface area contributed by atoms with Crippen molar-refractivity contribution in [1.82, 2.24) is 30.4 Å².